The molecule has 0 saturated carbocycles. The van der Waals surface area contributed by atoms with Gasteiger partial charge in [-0.1, -0.05) is 0 Å². The monoisotopic (exact) mass is 353 g/mol. The number of ketones is 1. The molecular weight excluding hydrogens is 333 g/mol. The first kappa shape index (κ1) is 15.8. The van der Waals surface area contributed by atoms with Crippen molar-refractivity contribution in [3.63, 3.8) is 0 Å². The third kappa shape index (κ3) is 5.03. The van der Waals surface area contributed by atoms with Gasteiger partial charge in [-0.3, -0.25) is 0 Å². The average molecular weight is 352 g/mol. The second-order valence-electron chi connectivity index (χ2n) is 4.87. The number of rotatable bonds is 7. The van der Waals surface area contributed by atoms with Crippen LogP contribution in [-0.4, -0.2) is 44.4 Å². The fourth-order valence-corrected chi connectivity index (χ4v) is 3.97. The fourth-order valence-electron chi connectivity index (χ4n) is 2.09. The van der Waals surface area contributed by atoms with Crippen LogP contribution in [0.25, 0.3) is 0 Å². The van der Waals surface area contributed by atoms with Gasteiger partial charge in [0.05, 0.1) is 0 Å². The standard InChI is InChI=1S/C16H19NO3Se/c1-13(18)9-10-17-14(12-20-16(17)19)6-5-11-21-15-7-3-2-4-8-15/h2-4,7-10,14H,5-6,11-12H2,1H3/b10-9+/t14-/m0/s1. The molecule has 1 fully saturated rings. The predicted molar refractivity (Wildman–Crippen MR) is 82.7 cm³/mol. The van der Waals surface area contributed by atoms with Gasteiger partial charge in [0.25, 0.3) is 0 Å². The molecule has 21 heavy (non-hydrogen) atoms. The molecule has 0 radical (unpaired) electrons. The Bertz CT molecular complexity index is 516. The molecule has 0 aromatic heterocycles. The van der Waals surface area contributed by atoms with Crippen molar-refractivity contribution in [3.05, 3.63) is 42.6 Å². The van der Waals surface area contributed by atoms with Crippen LogP contribution in [-0.2, 0) is 9.53 Å². The van der Waals surface area contributed by atoms with E-state index in [1.54, 1.807) is 6.20 Å². The Morgan fingerprint density at radius 2 is 2.19 bits per heavy atom. The van der Waals surface area contributed by atoms with Gasteiger partial charge in [-0.2, -0.15) is 0 Å². The number of carbonyl (C=O) groups is 2. The van der Waals surface area contributed by atoms with Gasteiger partial charge in [0, 0.05) is 0 Å². The van der Waals surface area contributed by atoms with E-state index in [0.717, 1.165) is 18.2 Å². The fraction of sp³-hybridized carbons (Fsp3) is 0.375. The summed E-state index contributed by atoms with van der Waals surface area (Å²) in [5, 5.41) is 1.14. The number of benzene rings is 1. The molecule has 1 aliphatic heterocycles. The van der Waals surface area contributed by atoms with Crippen LogP contribution < -0.4 is 4.46 Å². The normalized spacial score (nSPS) is 18.2. The summed E-state index contributed by atoms with van der Waals surface area (Å²) in [7, 11) is 0. The maximum absolute atomic E-state index is 11.6. The van der Waals surface area contributed by atoms with Gasteiger partial charge in [-0.25, -0.2) is 0 Å². The van der Waals surface area contributed by atoms with Crippen molar-refractivity contribution in [2.45, 2.75) is 31.1 Å². The molecule has 112 valence electrons. The number of nitrogens with zero attached hydrogens (tertiary/aromatic N) is 1. The summed E-state index contributed by atoms with van der Waals surface area (Å²) in [6, 6.07) is 10.5. The van der Waals surface area contributed by atoms with Gasteiger partial charge in [0.1, 0.15) is 0 Å². The molecule has 5 heteroatoms. The zero-order valence-corrected chi connectivity index (χ0v) is 13.7. The Morgan fingerprint density at radius 3 is 2.90 bits per heavy atom. The van der Waals surface area contributed by atoms with Gasteiger partial charge in [-0.05, 0) is 0 Å². The SMILES string of the molecule is CC(=O)/C=C/N1C(=O)OC[C@@H]1CCC[Se]c1ccccc1. The van der Waals surface area contributed by atoms with Crippen molar-refractivity contribution in [1.82, 2.24) is 4.90 Å². The van der Waals surface area contributed by atoms with E-state index in [0.29, 0.717) is 21.6 Å². The number of ether oxygens (including phenoxy) is 1. The quantitative estimate of drug-likeness (QED) is 0.429. The van der Waals surface area contributed by atoms with E-state index in [1.807, 2.05) is 6.07 Å². The Morgan fingerprint density at radius 1 is 1.43 bits per heavy atom. The molecule has 0 unspecified atom stereocenters. The van der Waals surface area contributed by atoms with Crippen LogP contribution in [0, 0.1) is 0 Å². The number of carbonyl (C=O) groups excluding carboxylic acids is 2. The zero-order chi connectivity index (χ0) is 15.1. The van der Waals surface area contributed by atoms with Crippen LogP contribution in [0.4, 0.5) is 4.79 Å². The molecule has 1 saturated heterocycles. The van der Waals surface area contributed by atoms with Crippen LogP contribution >= 0.6 is 0 Å². The maximum atomic E-state index is 11.6. The van der Waals surface area contributed by atoms with Gasteiger partial charge >= 0.3 is 131 Å². The third-order valence-corrected chi connectivity index (χ3v) is 5.47. The van der Waals surface area contributed by atoms with E-state index in [2.05, 4.69) is 24.3 Å². The van der Waals surface area contributed by atoms with Crippen LogP contribution in [0.5, 0.6) is 0 Å². The molecule has 0 N–H and O–H groups in total. The molecule has 0 bridgehead atoms. The first-order chi connectivity index (χ1) is 10.2. The summed E-state index contributed by atoms with van der Waals surface area (Å²) < 4.78 is 6.46. The van der Waals surface area contributed by atoms with E-state index >= 15 is 0 Å². The summed E-state index contributed by atoms with van der Waals surface area (Å²) in [5.74, 6) is -0.0686. The first-order valence-corrected chi connectivity index (χ1v) is 9.05. The van der Waals surface area contributed by atoms with Gasteiger partial charge < -0.3 is 0 Å². The Labute approximate surface area is 131 Å². The van der Waals surface area contributed by atoms with Crippen LogP contribution in [0.2, 0.25) is 5.32 Å². The van der Waals surface area contributed by atoms with Crippen molar-refractivity contribution in [2.24, 2.45) is 0 Å². The van der Waals surface area contributed by atoms with Crippen LogP contribution in [0.15, 0.2) is 42.6 Å². The molecule has 0 aliphatic carbocycles. The molecule has 2 rings (SSSR count). The van der Waals surface area contributed by atoms with E-state index < -0.39 is 0 Å². The van der Waals surface area contributed by atoms with E-state index in [4.69, 9.17) is 4.74 Å². The Hall–Kier alpha value is -1.58. The molecule has 0 spiro atoms. The van der Waals surface area contributed by atoms with Crippen molar-refractivity contribution in [2.75, 3.05) is 6.61 Å². The minimum absolute atomic E-state index is 0.0553. The molecule has 1 amide bonds. The third-order valence-electron chi connectivity index (χ3n) is 3.17. The van der Waals surface area contributed by atoms with Gasteiger partial charge in [0.2, 0.25) is 0 Å². The summed E-state index contributed by atoms with van der Waals surface area (Å²) >= 11 is 0.477. The van der Waals surface area contributed by atoms with E-state index in [9.17, 15) is 9.59 Å². The second kappa shape index (κ2) is 8.01. The predicted octanol–water partition coefficient (Wildman–Crippen LogP) is 2.14. The van der Waals surface area contributed by atoms with Crippen LogP contribution in [0.1, 0.15) is 19.8 Å². The summed E-state index contributed by atoms with van der Waals surface area (Å²) in [4.78, 5) is 24.1. The summed E-state index contributed by atoms with van der Waals surface area (Å²) in [5.41, 5.74) is 0. The van der Waals surface area contributed by atoms with Gasteiger partial charge in [-0.15, -0.1) is 0 Å². The van der Waals surface area contributed by atoms with Crippen molar-refractivity contribution in [3.8, 4) is 0 Å². The first-order valence-electron chi connectivity index (χ1n) is 6.98. The number of allylic oxidation sites excluding steroid dienone is 1. The van der Waals surface area contributed by atoms with Crippen molar-refractivity contribution in [1.29, 1.82) is 0 Å². The van der Waals surface area contributed by atoms with Crippen molar-refractivity contribution >= 4 is 31.3 Å². The molecule has 1 aliphatic rings. The molecule has 1 aromatic carbocycles. The summed E-state index contributed by atoms with van der Waals surface area (Å²) in [6.45, 7) is 1.88. The number of cyclic esters (lactones) is 1. The average Bonchev–Trinajstić information content (AvgIpc) is 2.83. The number of amides is 1. The second-order valence-corrected chi connectivity index (χ2v) is 7.32. The molecule has 1 aromatic rings. The molecular formula is C16H19NO3Se. The molecule has 1 heterocycles. The number of hydrogen-bond acceptors (Lipinski definition) is 3. The van der Waals surface area contributed by atoms with E-state index in [1.165, 1.54) is 22.4 Å². The molecule has 4 nitrogen and oxygen atoms in total. The summed E-state index contributed by atoms with van der Waals surface area (Å²) in [6.07, 6.45) is 4.56. The van der Waals surface area contributed by atoms with E-state index in [-0.39, 0.29) is 17.9 Å². The van der Waals surface area contributed by atoms with Crippen LogP contribution in [0.3, 0.4) is 0 Å². The topological polar surface area (TPSA) is 46.6 Å². The van der Waals surface area contributed by atoms with Crippen molar-refractivity contribution < 1.29 is 14.3 Å². The van der Waals surface area contributed by atoms with Gasteiger partial charge in [0.15, 0.2) is 0 Å². The number of hydrogen-bond donors (Lipinski definition) is 0. The molecule has 1 atom stereocenters. The minimum atomic E-state index is -0.355. The zero-order valence-electron chi connectivity index (χ0n) is 12.0. The Balaban J connectivity index is 1.76. The Kier molecular flexibility index (Phi) is 6.03.